The predicted octanol–water partition coefficient (Wildman–Crippen LogP) is 4.40. The largest absolute Gasteiger partial charge is 0.492 e. The number of hydrogen-bond donors (Lipinski definition) is 2. The zero-order valence-corrected chi connectivity index (χ0v) is 13.7. The molecule has 0 fully saturated rings. The third-order valence-electron chi connectivity index (χ3n) is 3.19. The van der Waals surface area contributed by atoms with E-state index < -0.39 is 23.9 Å². The minimum Gasteiger partial charge on any atom is -0.424 e. The summed E-state index contributed by atoms with van der Waals surface area (Å²) in [4.78, 5) is 11.9. The second-order valence-corrected chi connectivity index (χ2v) is 5.88. The van der Waals surface area contributed by atoms with Crippen molar-refractivity contribution < 1.29 is 31.8 Å². The Bertz CT molecular complexity index is 804. The summed E-state index contributed by atoms with van der Waals surface area (Å²) in [5.41, 5.74) is -0.312. The minimum absolute atomic E-state index is 0.185. The maximum atomic E-state index is 13.7. The molecule has 0 radical (unpaired) electrons. The van der Waals surface area contributed by atoms with Crippen LogP contribution in [0.1, 0.15) is 0 Å². The molecule has 10 heteroatoms. The Labute approximate surface area is 147 Å². The van der Waals surface area contributed by atoms with Gasteiger partial charge in [0.2, 0.25) is 0 Å². The number of para-hydroxylation sites is 2. The smallest absolute Gasteiger partial charge is 0.424 e. The molecule has 0 spiro atoms. The molecule has 0 aromatic heterocycles. The van der Waals surface area contributed by atoms with Gasteiger partial charge in [-0.05, 0) is 30.3 Å². The lowest BCUT2D eigenvalue weighted by atomic mass is 10.3. The van der Waals surface area contributed by atoms with Crippen molar-refractivity contribution in [3.63, 3.8) is 0 Å². The van der Waals surface area contributed by atoms with Crippen molar-refractivity contribution in [1.82, 2.24) is 5.32 Å². The number of nitrogens with one attached hydrogen (secondary N) is 2. The SMILES string of the molecule is O=C(Nc1ccc(Br)cc1F)NC1(C(F)(F)F)Oc2ccccc2O1. The Morgan fingerprint density at radius 3 is 2.20 bits per heavy atom. The zero-order chi connectivity index (χ0) is 18.2. The van der Waals surface area contributed by atoms with E-state index in [-0.39, 0.29) is 17.2 Å². The predicted molar refractivity (Wildman–Crippen MR) is 82.7 cm³/mol. The number of carbonyl (C=O) groups excluding carboxylic acids is 1. The second-order valence-electron chi connectivity index (χ2n) is 4.97. The molecule has 25 heavy (non-hydrogen) atoms. The van der Waals surface area contributed by atoms with Crippen LogP contribution in [0.5, 0.6) is 11.5 Å². The summed E-state index contributed by atoms with van der Waals surface area (Å²) in [6.45, 7) is 0. The number of fused-ring (bicyclic) bond motifs is 1. The molecule has 0 saturated heterocycles. The van der Waals surface area contributed by atoms with Gasteiger partial charge in [0.05, 0.1) is 5.69 Å². The number of urea groups is 1. The van der Waals surface area contributed by atoms with Crippen LogP contribution in [-0.4, -0.2) is 18.1 Å². The number of anilines is 1. The maximum Gasteiger partial charge on any atom is 0.492 e. The monoisotopic (exact) mass is 420 g/mol. The molecular formula is C15H9BrF4N2O3. The highest BCUT2D eigenvalue weighted by atomic mass is 79.9. The summed E-state index contributed by atoms with van der Waals surface area (Å²) >= 11 is 3.03. The van der Waals surface area contributed by atoms with Gasteiger partial charge in [0, 0.05) is 4.47 Å². The van der Waals surface area contributed by atoms with E-state index in [4.69, 9.17) is 9.47 Å². The van der Waals surface area contributed by atoms with Gasteiger partial charge in [-0.2, -0.15) is 13.2 Å². The first-order valence-electron chi connectivity index (χ1n) is 6.78. The molecule has 2 aromatic rings. The van der Waals surface area contributed by atoms with Crippen molar-refractivity contribution in [2.24, 2.45) is 0 Å². The molecule has 0 atom stereocenters. The fourth-order valence-electron chi connectivity index (χ4n) is 2.08. The molecule has 2 aromatic carbocycles. The number of ether oxygens (including phenoxy) is 2. The van der Waals surface area contributed by atoms with Gasteiger partial charge in [-0.1, -0.05) is 28.1 Å². The molecule has 0 bridgehead atoms. The molecule has 2 N–H and O–H groups in total. The van der Waals surface area contributed by atoms with Gasteiger partial charge >= 0.3 is 18.1 Å². The third-order valence-corrected chi connectivity index (χ3v) is 3.68. The molecule has 5 nitrogen and oxygen atoms in total. The molecule has 1 aliphatic rings. The summed E-state index contributed by atoms with van der Waals surface area (Å²) in [5.74, 6) is -4.61. The Kier molecular flexibility index (Phi) is 4.23. The first-order chi connectivity index (χ1) is 11.7. The number of amides is 2. The first-order valence-corrected chi connectivity index (χ1v) is 7.57. The van der Waals surface area contributed by atoms with Crippen molar-refractivity contribution in [1.29, 1.82) is 0 Å². The van der Waals surface area contributed by atoms with Gasteiger partial charge in [-0.15, -0.1) is 0 Å². The average Bonchev–Trinajstić information content (AvgIpc) is 2.89. The molecule has 1 heterocycles. The van der Waals surface area contributed by atoms with Crippen LogP contribution in [0, 0.1) is 5.82 Å². The Morgan fingerprint density at radius 2 is 1.68 bits per heavy atom. The highest BCUT2D eigenvalue weighted by molar-refractivity contribution is 9.10. The van der Waals surface area contributed by atoms with Crippen LogP contribution in [0.15, 0.2) is 46.9 Å². The van der Waals surface area contributed by atoms with Gasteiger partial charge in [0.25, 0.3) is 0 Å². The molecule has 2 amide bonds. The molecular weight excluding hydrogens is 412 g/mol. The topological polar surface area (TPSA) is 59.6 Å². The van der Waals surface area contributed by atoms with E-state index in [1.165, 1.54) is 36.4 Å². The first kappa shape index (κ1) is 17.3. The van der Waals surface area contributed by atoms with E-state index in [9.17, 15) is 22.4 Å². The van der Waals surface area contributed by atoms with Gasteiger partial charge in [-0.3, -0.25) is 5.32 Å². The Morgan fingerprint density at radius 1 is 1.08 bits per heavy atom. The standard InChI is InChI=1S/C15H9BrF4N2O3/c16-8-5-6-10(9(17)7-8)21-13(23)22-15(14(18,19)20)24-11-3-1-2-4-12(11)25-15/h1-7H,(H2,21,22,23). The molecule has 0 saturated carbocycles. The fraction of sp³-hybridized carbons (Fsp3) is 0.133. The molecule has 1 aliphatic heterocycles. The maximum absolute atomic E-state index is 13.7. The van der Waals surface area contributed by atoms with Crippen LogP contribution >= 0.6 is 15.9 Å². The summed E-state index contributed by atoms with van der Waals surface area (Å²) in [6, 6.07) is 7.71. The van der Waals surface area contributed by atoms with E-state index in [0.29, 0.717) is 4.47 Å². The van der Waals surface area contributed by atoms with Crippen molar-refractivity contribution >= 4 is 27.6 Å². The summed E-state index contributed by atoms with van der Waals surface area (Å²) in [5, 5.41) is 3.55. The van der Waals surface area contributed by atoms with Crippen LogP contribution in [0.4, 0.5) is 28.0 Å². The molecule has 132 valence electrons. The fourth-order valence-corrected chi connectivity index (χ4v) is 2.41. The number of hydrogen-bond acceptors (Lipinski definition) is 3. The third kappa shape index (κ3) is 3.34. The van der Waals surface area contributed by atoms with E-state index >= 15 is 0 Å². The number of halogens is 5. The number of alkyl halides is 3. The number of carbonyl (C=O) groups is 1. The highest BCUT2D eigenvalue weighted by Crippen LogP contribution is 2.44. The lowest BCUT2D eigenvalue weighted by Crippen LogP contribution is -2.65. The number of rotatable bonds is 2. The van der Waals surface area contributed by atoms with Gasteiger partial charge < -0.3 is 14.8 Å². The highest BCUT2D eigenvalue weighted by Gasteiger charge is 2.65. The Balaban J connectivity index is 1.82. The lowest BCUT2D eigenvalue weighted by molar-refractivity contribution is -0.317. The molecule has 3 rings (SSSR count). The summed E-state index contributed by atoms with van der Waals surface area (Å²) in [7, 11) is 0. The zero-order valence-electron chi connectivity index (χ0n) is 12.2. The Hall–Kier alpha value is -2.49. The number of benzene rings is 2. The van der Waals surface area contributed by atoms with E-state index in [2.05, 4.69) is 15.9 Å². The van der Waals surface area contributed by atoms with Crippen molar-refractivity contribution in [3.05, 3.63) is 52.8 Å². The molecule has 0 unspecified atom stereocenters. The van der Waals surface area contributed by atoms with E-state index in [0.717, 1.165) is 6.07 Å². The molecule has 0 aliphatic carbocycles. The van der Waals surface area contributed by atoms with Crippen LogP contribution in [0.2, 0.25) is 0 Å². The minimum atomic E-state index is -5.10. The van der Waals surface area contributed by atoms with Crippen molar-refractivity contribution in [2.75, 3.05) is 5.32 Å². The summed E-state index contributed by atoms with van der Waals surface area (Å²) in [6.07, 6.45) is -5.10. The second kappa shape index (κ2) is 6.10. The average molecular weight is 421 g/mol. The quantitative estimate of drug-likeness (QED) is 0.708. The van der Waals surface area contributed by atoms with Crippen LogP contribution in [-0.2, 0) is 0 Å². The van der Waals surface area contributed by atoms with Gasteiger partial charge in [0.15, 0.2) is 11.5 Å². The van der Waals surface area contributed by atoms with Crippen LogP contribution in [0.25, 0.3) is 0 Å². The normalized spacial score (nSPS) is 14.9. The van der Waals surface area contributed by atoms with E-state index in [1.807, 2.05) is 5.32 Å². The summed E-state index contributed by atoms with van der Waals surface area (Å²) < 4.78 is 64.0. The van der Waals surface area contributed by atoms with Crippen molar-refractivity contribution in [3.8, 4) is 11.5 Å². The van der Waals surface area contributed by atoms with Crippen molar-refractivity contribution in [2.45, 2.75) is 12.1 Å². The van der Waals surface area contributed by atoms with Gasteiger partial charge in [-0.25, -0.2) is 9.18 Å². The van der Waals surface area contributed by atoms with E-state index in [1.54, 1.807) is 5.32 Å². The van der Waals surface area contributed by atoms with Gasteiger partial charge in [0.1, 0.15) is 5.82 Å². The van der Waals surface area contributed by atoms with Crippen LogP contribution < -0.4 is 20.1 Å². The lowest BCUT2D eigenvalue weighted by Gasteiger charge is -2.29. The van der Waals surface area contributed by atoms with Crippen LogP contribution in [0.3, 0.4) is 0 Å².